The lowest BCUT2D eigenvalue weighted by atomic mass is 10.2. The molecular weight excluding hydrogens is 375 g/mol. The van der Waals surface area contributed by atoms with Crippen molar-refractivity contribution < 1.29 is 14.3 Å². The number of aromatic nitrogens is 2. The van der Waals surface area contributed by atoms with Crippen LogP contribution in [0.25, 0.3) is 10.6 Å². The van der Waals surface area contributed by atoms with Crippen molar-refractivity contribution in [2.75, 3.05) is 12.4 Å². The monoisotopic (exact) mass is 388 g/mol. The molecule has 0 aliphatic rings. The highest BCUT2D eigenvalue weighted by Crippen LogP contribution is 2.27. The van der Waals surface area contributed by atoms with Gasteiger partial charge in [-0.2, -0.15) is 0 Å². The van der Waals surface area contributed by atoms with E-state index >= 15 is 0 Å². The van der Waals surface area contributed by atoms with Gasteiger partial charge in [0.25, 0.3) is 5.91 Å². The Bertz CT molecular complexity index is 721. The van der Waals surface area contributed by atoms with E-state index in [0.717, 1.165) is 11.3 Å². The number of alkyl halides is 2. The van der Waals surface area contributed by atoms with Gasteiger partial charge in [0.15, 0.2) is 4.84 Å². The van der Waals surface area contributed by atoms with Crippen LogP contribution in [0.4, 0.5) is 5.13 Å². The Labute approximate surface area is 152 Å². The van der Waals surface area contributed by atoms with Crippen molar-refractivity contribution in [2.24, 2.45) is 0 Å². The van der Waals surface area contributed by atoms with E-state index in [2.05, 4.69) is 20.8 Å². The molecule has 2 N–H and O–H groups in total. The first kappa shape index (κ1) is 18.4. The Balaban J connectivity index is 2.00. The number of benzene rings is 1. The maximum atomic E-state index is 12.0. The second kappa shape index (κ2) is 8.27. The zero-order valence-electron chi connectivity index (χ0n) is 12.7. The van der Waals surface area contributed by atoms with E-state index < -0.39 is 22.7 Å². The molecule has 7 nitrogen and oxygen atoms in total. The summed E-state index contributed by atoms with van der Waals surface area (Å²) in [7, 11) is 1.59. The molecule has 1 aromatic heterocycles. The van der Waals surface area contributed by atoms with Crippen molar-refractivity contribution in [1.82, 2.24) is 15.5 Å². The van der Waals surface area contributed by atoms with Gasteiger partial charge in [-0.25, -0.2) is 0 Å². The van der Waals surface area contributed by atoms with Crippen LogP contribution in [-0.4, -0.2) is 40.0 Å². The van der Waals surface area contributed by atoms with Gasteiger partial charge in [0, 0.05) is 5.56 Å². The number of nitrogens with one attached hydrogen (secondary N) is 2. The molecule has 2 rings (SSSR count). The second-order valence-electron chi connectivity index (χ2n) is 4.66. The van der Waals surface area contributed by atoms with E-state index in [9.17, 15) is 9.59 Å². The number of ether oxygens (including phenoxy) is 1. The maximum Gasteiger partial charge on any atom is 0.253 e. The minimum absolute atomic E-state index is 0.320. The van der Waals surface area contributed by atoms with Gasteiger partial charge >= 0.3 is 0 Å². The smallest absolute Gasteiger partial charge is 0.253 e. The first-order valence-electron chi connectivity index (χ1n) is 6.78. The van der Waals surface area contributed by atoms with Crippen molar-refractivity contribution in [2.45, 2.75) is 17.8 Å². The molecule has 2 amide bonds. The molecule has 10 heteroatoms. The predicted octanol–water partition coefficient (Wildman–Crippen LogP) is 2.46. The van der Waals surface area contributed by atoms with E-state index in [1.54, 1.807) is 19.2 Å². The van der Waals surface area contributed by atoms with Crippen LogP contribution in [0.2, 0.25) is 0 Å². The van der Waals surface area contributed by atoms with Gasteiger partial charge in [0.2, 0.25) is 11.0 Å². The van der Waals surface area contributed by atoms with Crippen LogP contribution in [0, 0.1) is 0 Å². The molecule has 0 saturated carbocycles. The number of hydrogen-bond acceptors (Lipinski definition) is 6. The minimum Gasteiger partial charge on any atom is -0.497 e. The maximum absolute atomic E-state index is 12.0. The number of rotatable bonds is 6. The van der Waals surface area contributed by atoms with Crippen molar-refractivity contribution in [3.63, 3.8) is 0 Å². The van der Waals surface area contributed by atoms with E-state index in [1.165, 1.54) is 18.3 Å². The number of nitrogens with zero attached hydrogens (tertiary/aromatic N) is 2. The highest BCUT2D eigenvalue weighted by Gasteiger charge is 2.20. The highest BCUT2D eigenvalue weighted by atomic mass is 35.5. The minimum atomic E-state index is -1.23. The zero-order valence-corrected chi connectivity index (χ0v) is 15.1. The molecule has 128 valence electrons. The highest BCUT2D eigenvalue weighted by molar-refractivity contribution is 7.18. The summed E-state index contributed by atoms with van der Waals surface area (Å²) in [6.45, 7) is 1.51. The summed E-state index contributed by atoms with van der Waals surface area (Å²) in [5, 5.41) is 13.9. The number of amides is 2. The largest absolute Gasteiger partial charge is 0.497 e. The first-order valence-corrected chi connectivity index (χ1v) is 8.47. The van der Waals surface area contributed by atoms with Crippen molar-refractivity contribution in [3.8, 4) is 16.3 Å². The van der Waals surface area contributed by atoms with Gasteiger partial charge in [0.1, 0.15) is 16.8 Å². The van der Waals surface area contributed by atoms with E-state index in [1.807, 2.05) is 12.1 Å². The first-order chi connectivity index (χ1) is 11.4. The number of anilines is 1. The van der Waals surface area contributed by atoms with Crippen LogP contribution >= 0.6 is 34.5 Å². The van der Waals surface area contributed by atoms with Gasteiger partial charge < -0.3 is 10.1 Å². The summed E-state index contributed by atoms with van der Waals surface area (Å²) in [5.74, 6) is -0.356. The van der Waals surface area contributed by atoms with Crippen LogP contribution in [0.15, 0.2) is 24.3 Å². The summed E-state index contributed by atoms with van der Waals surface area (Å²) in [5.41, 5.74) is 0.849. The Kier molecular flexibility index (Phi) is 6.36. The van der Waals surface area contributed by atoms with Gasteiger partial charge in [-0.3, -0.25) is 14.9 Å². The summed E-state index contributed by atoms with van der Waals surface area (Å²) in [6.07, 6.45) is 0. The standard InChI is InChI=1S/C14H14Cl2N4O3S/c1-7(17-12(22)10(15)16)11(21)18-14-20-19-13(24-14)8-3-5-9(23-2)6-4-8/h3-7,10H,1-2H3,(H,17,22)(H,18,20,21)/t7-/m1/s1. The normalized spacial score (nSPS) is 11.9. The fraction of sp³-hybridized carbons (Fsp3) is 0.286. The number of carbonyl (C=O) groups is 2. The molecule has 0 saturated heterocycles. The lowest BCUT2D eigenvalue weighted by molar-refractivity contribution is -0.125. The fourth-order valence-electron chi connectivity index (χ4n) is 1.68. The number of halogens is 2. The molecule has 0 bridgehead atoms. The molecule has 1 aromatic carbocycles. The molecule has 1 atom stereocenters. The molecule has 24 heavy (non-hydrogen) atoms. The van der Waals surface area contributed by atoms with Crippen LogP contribution < -0.4 is 15.4 Å². The summed E-state index contributed by atoms with van der Waals surface area (Å²) < 4.78 is 5.09. The summed E-state index contributed by atoms with van der Waals surface area (Å²) in [6, 6.07) is 6.48. The average Bonchev–Trinajstić information content (AvgIpc) is 3.03. The fourth-order valence-corrected chi connectivity index (χ4v) is 2.56. The average molecular weight is 389 g/mol. The van der Waals surface area contributed by atoms with E-state index in [-0.39, 0.29) is 0 Å². The summed E-state index contributed by atoms with van der Waals surface area (Å²) in [4.78, 5) is 22.1. The second-order valence-corrected chi connectivity index (χ2v) is 6.73. The summed E-state index contributed by atoms with van der Waals surface area (Å²) >= 11 is 12.1. The molecule has 0 unspecified atom stereocenters. The van der Waals surface area contributed by atoms with Gasteiger partial charge in [-0.1, -0.05) is 34.5 Å². The van der Waals surface area contributed by atoms with Gasteiger partial charge in [-0.05, 0) is 31.2 Å². The van der Waals surface area contributed by atoms with Crippen LogP contribution in [-0.2, 0) is 9.59 Å². The zero-order chi connectivity index (χ0) is 17.7. The lowest BCUT2D eigenvalue weighted by Crippen LogP contribution is -2.43. The van der Waals surface area contributed by atoms with Crippen LogP contribution in [0.1, 0.15) is 6.92 Å². The molecule has 0 fully saturated rings. The van der Waals surface area contributed by atoms with E-state index in [4.69, 9.17) is 27.9 Å². The molecular formula is C14H14Cl2N4O3S. The third kappa shape index (κ3) is 4.80. The van der Waals surface area contributed by atoms with Crippen LogP contribution in [0.3, 0.4) is 0 Å². The van der Waals surface area contributed by atoms with Gasteiger partial charge in [-0.15, -0.1) is 10.2 Å². The lowest BCUT2D eigenvalue weighted by Gasteiger charge is -2.12. The molecule has 2 aromatic rings. The van der Waals surface area contributed by atoms with Crippen molar-refractivity contribution in [3.05, 3.63) is 24.3 Å². The Morgan fingerprint density at radius 2 is 1.83 bits per heavy atom. The van der Waals surface area contributed by atoms with E-state index in [0.29, 0.717) is 10.1 Å². The third-order valence-electron chi connectivity index (χ3n) is 2.94. The SMILES string of the molecule is COc1ccc(-c2nnc(NC(=O)[C@@H](C)NC(=O)C(Cl)Cl)s2)cc1. The third-order valence-corrected chi connectivity index (χ3v) is 4.23. The Hall–Kier alpha value is -1.90. The molecule has 0 aliphatic carbocycles. The molecule has 0 radical (unpaired) electrons. The quantitative estimate of drug-likeness (QED) is 0.741. The Morgan fingerprint density at radius 3 is 2.42 bits per heavy atom. The number of carbonyl (C=O) groups excluding carboxylic acids is 2. The molecule has 0 aliphatic heterocycles. The van der Waals surface area contributed by atoms with Crippen molar-refractivity contribution >= 4 is 51.5 Å². The number of methoxy groups -OCH3 is 1. The Morgan fingerprint density at radius 1 is 1.17 bits per heavy atom. The van der Waals surface area contributed by atoms with Crippen LogP contribution in [0.5, 0.6) is 5.75 Å². The topological polar surface area (TPSA) is 93.2 Å². The number of hydrogen-bond donors (Lipinski definition) is 2. The van der Waals surface area contributed by atoms with Gasteiger partial charge in [0.05, 0.1) is 7.11 Å². The molecule has 0 spiro atoms. The predicted molar refractivity (Wildman–Crippen MR) is 93.6 cm³/mol. The van der Waals surface area contributed by atoms with Crippen molar-refractivity contribution in [1.29, 1.82) is 0 Å². The molecule has 1 heterocycles.